The third-order valence-electron chi connectivity index (χ3n) is 2.48. The van der Waals surface area contributed by atoms with Crippen molar-refractivity contribution in [2.75, 3.05) is 6.54 Å². The van der Waals surface area contributed by atoms with Crippen molar-refractivity contribution in [1.82, 2.24) is 14.9 Å². The Kier molecular flexibility index (Phi) is 4.30. The van der Waals surface area contributed by atoms with E-state index in [9.17, 15) is 9.59 Å². The second kappa shape index (κ2) is 6.14. The SMILES string of the molecule is O=C(O)Cn1cccc1C(=O)NCCc1nccs1. The number of thiazole rings is 1. The van der Waals surface area contributed by atoms with Crippen LogP contribution in [0.4, 0.5) is 0 Å². The summed E-state index contributed by atoms with van der Waals surface area (Å²) >= 11 is 1.54. The first kappa shape index (κ1) is 13.3. The van der Waals surface area contributed by atoms with Gasteiger partial charge in [0.25, 0.3) is 5.91 Å². The van der Waals surface area contributed by atoms with E-state index < -0.39 is 5.97 Å². The molecule has 2 rings (SSSR count). The summed E-state index contributed by atoms with van der Waals surface area (Å²) in [7, 11) is 0. The van der Waals surface area contributed by atoms with Crippen LogP contribution in [-0.2, 0) is 17.8 Å². The smallest absolute Gasteiger partial charge is 0.323 e. The second-order valence-electron chi connectivity index (χ2n) is 3.85. The van der Waals surface area contributed by atoms with Gasteiger partial charge in [-0.05, 0) is 12.1 Å². The Morgan fingerprint density at radius 2 is 2.32 bits per heavy atom. The molecule has 0 aliphatic heterocycles. The minimum absolute atomic E-state index is 0.220. The monoisotopic (exact) mass is 279 g/mol. The summed E-state index contributed by atoms with van der Waals surface area (Å²) in [4.78, 5) is 26.7. The lowest BCUT2D eigenvalue weighted by atomic mass is 10.3. The molecule has 2 heterocycles. The molecule has 6 nitrogen and oxygen atoms in total. The number of carboxylic acid groups (broad SMARTS) is 1. The molecule has 2 aromatic rings. The van der Waals surface area contributed by atoms with Crippen LogP contribution in [0.3, 0.4) is 0 Å². The molecule has 2 aromatic heterocycles. The van der Waals surface area contributed by atoms with E-state index in [2.05, 4.69) is 10.3 Å². The van der Waals surface area contributed by atoms with Crippen LogP contribution in [-0.4, -0.2) is 33.1 Å². The number of amides is 1. The van der Waals surface area contributed by atoms with E-state index in [1.807, 2.05) is 5.38 Å². The molecule has 0 bridgehead atoms. The van der Waals surface area contributed by atoms with Gasteiger partial charge in [-0.15, -0.1) is 11.3 Å². The summed E-state index contributed by atoms with van der Waals surface area (Å²) in [6.07, 6.45) is 3.97. The molecule has 7 heteroatoms. The topological polar surface area (TPSA) is 84.2 Å². The van der Waals surface area contributed by atoms with Crippen LogP contribution in [0, 0.1) is 0 Å². The van der Waals surface area contributed by atoms with Gasteiger partial charge in [0.2, 0.25) is 0 Å². The average molecular weight is 279 g/mol. The average Bonchev–Trinajstić information content (AvgIpc) is 2.99. The van der Waals surface area contributed by atoms with Crippen LogP contribution in [0.15, 0.2) is 29.9 Å². The molecule has 0 unspecified atom stereocenters. The highest BCUT2D eigenvalue weighted by Gasteiger charge is 2.12. The fourth-order valence-corrected chi connectivity index (χ4v) is 2.27. The van der Waals surface area contributed by atoms with E-state index in [4.69, 9.17) is 5.11 Å². The van der Waals surface area contributed by atoms with E-state index in [0.29, 0.717) is 18.7 Å². The molecular formula is C12H13N3O3S. The summed E-state index contributed by atoms with van der Waals surface area (Å²) in [5.41, 5.74) is 0.349. The molecule has 0 aliphatic carbocycles. The van der Waals surface area contributed by atoms with Crippen LogP contribution in [0.1, 0.15) is 15.5 Å². The second-order valence-corrected chi connectivity index (χ2v) is 4.83. The number of nitrogens with one attached hydrogen (secondary N) is 1. The molecule has 0 saturated heterocycles. The van der Waals surface area contributed by atoms with Gasteiger partial charge in [0.05, 0.1) is 5.01 Å². The summed E-state index contributed by atoms with van der Waals surface area (Å²) in [5, 5.41) is 14.3. The number of carbonyl (C=O) groups is 2. The first-order chi connectivity index (χ1) is 9.16. The Labute approximate surface area is 113 Å². The van der Waals surface area contributed by atoms with Crippen LogP contribution >= 0.6 is 11.3 Å². The molecule has 0 spiro atoms. The molecule has 1 amide bonds. The minimum Gasteiger partial charge on any atom is -0.480 e. The van der Waals surface area contributed by atoms with E-state index in [0.717, 1.165) is 5.01 Å². The highest BCUT2D eigenvalue weighted by Crippen LogP contribution is 2.05. The zero-order valence-corrected chi connectivity index (χ0v) is 10.9. The highest BCUT2D eigenvalue weighted by molar-refractivity contribution is 7.09. The third-order valence-corrected chi connectivity index (χ3v) is 3.32. The van der Waals surface area contributed by atoms with Gasteiger partial charge in [0.1, 0.15) is 12.2 Å². The van der Waals surface area contributed by atoms with E-state index in [1.165, 1.54) is 15.9 Å². The fourth-order valence-electron chi connectivity index (χ4n) is 1.65. The molecule has 0 aliphatic rings. The molecule has 0 aromatic carbocycles. The normalized spacial score (nSPS) is 10.3. The molecular weight excluding hydrogens is 266 g/mol. The van der Waals surface area contributed by atoms with Crippen molar-refractivity contribution in [2.24, 2.45) is 0 Å². The van der Waals surface area contributed by atoms with Gasteiger partial charge in [0.15, 0.2) is 0 Å². The third kappa shape index (κ3) is 3.65. The van der Waals surface area contributed by atoms with Crippen LogP contribution in [0.2, 0.25) is 0 Å². The lowest BCUT2D eigenvalue weighted by molar-refractivity contribution is -0.137. The van der Waals surface area contributed by atoms with Gasteiger partial charge in [-0.2, -0.15) is 0 Å². The van der Waals surface area contributed by atoms with Crippen molar-refractivity contribution < 1.29 is 14.7 Å². The largest absolute Gasteiger partial charge is 0.480 e. The molecule has 2 N–H and O–H groups in total. The first-order valence-corrected chi connectivity index (χ1v) is 6.58. The lowest BCUT2D eigenvalue weighted by Gasteiger charge is -2.07. The molecule has 0 atom stereocenters. The van der Waals surface area contributed by atoms with Crippen molar-refractivity contribution in [2.45, 2.75) is 13.0 Å². The van der Waals surface area contributed by atoms with Crippen molar-refractivity contribution in [3.63, 3.8) is 0 Å². The Bertz CT molecular complexity index is 563. The van der Waals surface area contributed by atoms with Crippen molar-refractivity contribution in [3.05, 3.63) is 40.6 Å². The number of hydrogen-bond acceptors (Lipinski definition) is 4. The van der Waals surface area contributed by atoms with Gasteiger partial charge in [0, 0.05) is 30.7 Å². The lowest BCUT2D eigenvalue weighted by Crippen LogP contribution is -2.28. The summed E-state index contributed by atoms with van der Waals surface area (Å²) in [5.74, 6) is -1.25. The van der Waals surface area contributed by atoms with Gasteiger partial charge in [-0.3, -0.25) is 9.59 Å². The van der Waals surface area contributed by atoms with Crippen molar-refractivity contribution in [3.8, 4) is 0 Å². The number of carboxylic acids is 1. The van der Waals surface area contributed by atoms with Gasteiger partial charge in [-0.25, -0.2) is 4.98 Å². The first-order valence-electron chi connectivity index (χ1n) is 5.70. The highest BCUT2D eigenvalue weighted by atomic mass is 32.1. The predicted octanol–water partition coefficient (Wildman–Crippen LogP) is 1.00. The summed E-state index contributed by atoms with van der Waals surface area (Å²) < 4.78 is 1.40. The van der Waals surface area contributed by atoms with E-state index in [1.54, 1.807) is 24.5 Å². The summed E-state index contributed by atoms with van der Waals surface area (Å²) in [6, 6.07) is 3.25. The van der Waals surface area contributed by atoms with Crippen molar-refractivity contribution in [1.29, 1.82) is 0 Å². The van der Waals surface area contributed by atoms with Crippen LogP contribution in [0.5, 0.6) is 0 Å². The number of hydrogen-bond donors (Lipinski definition) is 2. The Balaban J connectivity index is 1.89. The number of carbonyl (C=O) groups excluding carboxylic acids is 1. The zero-order valence-electron chi connectivity index (χ0n) is 10.1. The number of aliphatic carboxylic acids is 1. The van der Waals surface area contributed by atoms with Gasteiger partial charge >= 0.3 is 5.97 Å². The van der Waals surface area contributed by atoms with Crippen molar-refractivity contribution >= 4 is 23.2 Å². The maximum absolute atomic E-state index is 11.9. The van der Waals surface area contributed by atoms with E-state index in [-0.39, 0.29) is 12.5 Å². The number of nitrogens with zero attached hydrogens (tertiary/aromatic N) is 2. The fraction of sp³-hybridized carbons (Fsp3) is 0.250. The standard InChI is InChI=1S/C12H13N3O3S/c16-11(17)8-15-6-1-2-9(15)12(18)14-4-3-10-13-5-7-19-10/h1-2,5-7H,3-4,8H2,(H,14,18)(H,16,17). The Morgan fingerprint density at radius 1 is 1.47 bits per heavy atom. The molecule has 100 valence electrons. The predicted molar refractivity (Wildman–Crippen MR) is 70.2 cm³/mol. The minimum atomic E-state index is -0.979. The maximum atomic E-state index is 11.9. The molecule has 0 radical (unpaired) electrons. The molecule has 0 saturated carbocycles. The summed E-state index contributed by atoms with van der Waals surface area (Å²) in [6.45, 7) is 0.257. The van der Waals surface area contributed by atoms with Gasteiger partial charge < -0.3 is 15.0 Å². The van der Waals surface area contributed by atoms with E-state index >= 15 is 0 Å². The molecule has 19 heavy (non-hydrogen) atoms. The Hall–Kier alpha value is -2.15. The number of rotatable bonds is 6. The maximum Gasteiger partial charge on any atom is 0.323 e. The van der Waals surface area contributed by atoms with Crippen LogP contribution in [0.25, 0.3) is 0 Å². The van der Waals surface area contributed by atoms with Gasteiger partial charge in [-0.1, -0.05) is 0 Å². The quantitative estimate of drug-likeness (QED) is 0.826. The zero-order chi connectivity index (χ0) is 13.7. The Morgan fingerprint density at radius 3 is 3.00 bits per heavy atom. The number of aromatic nitrogens is 2. The van der Waals surface area contributed by atoms with Crippen LogP contribution < -0.4 is 5.32 Å². The molecule has 0 fully saturated rings.